The minimum atomic E-state index is 0.271. The number of nitrogen functional groups attached to an aromatic ring is 1. The number of nitrogens with two attached hydrogens (primary N) is 1. The third kappa shape index (κ3) is 4.16. The molecule has 0 aliphatic heterocycles. The molecule has 1 heterocycles. The molecule has 3 aromatic rings. The average Bonchev–Trinajstić information content (AvgIpc) is 2.74. The van der Waals surface area contributed by atoms with E-state index in [-0.39, 0.29) is 5.95 Å². The quantitative estimate of drug-likeness (QED) is 0.586. The van der Waals surface area contributed by atoms with Crippen LogP contribution < -0.4 is 15.8 Å². The molecule has 0 atom stereocenters. The molecule has 1 fully saturated rings. The highest BCUT2D eigenvalue weighted by Crippen LogP contribution is 2.31. The van der Waals surface area contributed by atoms with Crippen molar-refractivity contribution in [1.82, 2.24) is 9.97 Å². The van der Waals surface area contributed by atoms with Crippen molar-refractivity contribution in [2.75, 3.05) is 17.7 Å². The summed E-state index contributed by atoms with van der Waals surface area (Å²) in [6, 6.07) is 12.1. The number of nitrogens with one attached hydrogen (secondary N) is 1. The molecule has 1 aromatic heterocycles. The molecule has 6 nitrogen and oxygen atoms in total. The summed E-state index contributed by atoms with van der Waals surface area (Å²) in [7, 11) is 0. The second-order valence-electron chi connectivity index (χ2n) is 7.45. The van der Waals surface area contributed by atoms with Crippen LogP contribution in [0.2, 0.25) is 0 Å². The first-order valence-corrected chi connectivity index (χ1v) is 10.2. The fraction of sp³-hybridized carbons (Fsp3) is 0.348. The molecule has 150 valence electrons. The predicted molar refractivity (Wildman–Crippen MR) is 116 cm³/mol. The van der Waals surface area contributed by atoms with Gasteiger partial charge in [-0.25, -0.2) is 4.98 Å². The summed E-state index contributed by atoms with van der Waals surface area (Å²) in [6.07, 6.45) is 6.89. The molecule has 1 aliphatic carbocycles. The number of benzene rings is 2. The van der Waals surface area contributed by atoms with Crippen LogP contribution in [0.4, 0.5) is 11.8 Å². The predicted octanol–water partition coefficient (Wildman–Crippen LogP) is 4.83. The largest absolute Gasteiger partial charge is 0.493 e. The zero-order chi connectivity index (χ0) is 20.2. The molecule has 1 saturated carbocycles. The van der Waals surface area contributed by atoms with E-state index in [4.69, 9.17) is 10.5 Å². The number of aldehydes is 1. The molecule has 3 N–H and O–H groups in total. The van der Waals surface area contributed by atoms with E-state index in [1.165, 1.54) is 19.3 Å². The van der Waals surface area contributed by atoms with Gasteiger partial charge in [0.05, 0.1) is 17.7 Å². The van der Waals surface area contributed by atoms with E-state index < -0.39 is 0 Å². The van der Waals surface area contributed by atoms with Crippen LogP contribution in [-0.2, 0) is 0 Å². The molecule has 0 amide bonds. The Kier molecular flexibility index (Phi) is 5.60. The van der Waals surface area contributed by atoms with Crippen molar-refractivity contribution in [3.8, 4) is 16.9 Å². The summed E-state index contributed by atoms with van der Waals surface area (Å²) in [6.45, 7) is 2.42. The lowest BCUT2D eigenvalue weighted by molar-refractivity contribution is 0.112. The lowest BCUT2D eigenvalue weighted by atomic mass is 9.95. The lowest BCUT2D eigenvalue weighted by Gasteiger charge is -2.24. The molecule has 2 aromatic carbocycles. The number of aromatic nitrogens is 2. The Morgan fingerprint density at radius 3 is 2.62 bits per heavy atom. The van der Waals surface area contributed by atoms with Gasteiger partial charge in [-0.05, 0) is 55.2 Å². The van der Waals surface area contributed by atoms with E-state index in [2.05, 4.69) is 21.4 Å². The molecule has 0 saturated heterocycles. The third-order valence-electron chi connectivity index (χ3n) is 5.43. The highest BCUT2D eigenvalue weighted by Gasteiger charge is 2.16. The van der Waals surface area contributed by atoms with Crippen molar-refractivity contribution < 1.29 is 9.53 Å². The van der Waals surface area contributed by atoms with Gasteiger partial charge in [0.15, 0.2) is 6.29 Å². The zero-order valence-electron chi connectivity index (χ0n) is 16.6. The first kappa shape index (κ1) is 19.2. The Hall–Kier alpha value is -3.15. The Balaban J connectivity index is 1.74. The first-order chi connectivity index (χ1) is 14.2. The maximum Gasteiger partial charge on any atom is 0.222 e. The van der Waals surface area contributed by atoms with Crippen LogP contribution in [0.25, 0.3) is 22.0 Å². The maximum absolute atomic E-state index is 11.5. The summed E-state index contributed by atoms with van der Waals surface area (Å²) in [5.74, 6) is 1.65. The first-order valence-electron chi connectivity index (χ1n) is 10.2. The summed E-state index contributed by atoms with van der Waals surface area (Å²) in [5.41, 5.74) is 9.23. The van der Waals surface area contributed by atoms with Crippen molar-refractivity contribution >= 4 is 29.0 Å². The molecule has 29 heavy (non-hydrogen) atoms. The molecule has 1 aliphatic rings. The second-order valence-corrected chi connectivity index (χ2v) is 7.45. The molecule has 0 unspecified atom stereocenters. The van der Waals surface area contributed by atoms with Gasteiger partial charge in [0.2, 0.25) is 5.95 Å². The number of carbonyl (C=O) groups excluding carboxylic acids is 1. The molecule has 0 radical (unpaired) electrons. The van der Waals surface area contributed by atoms with Crippen LogP contribution in [0.1, 0.15) is 49.4 Å². The molecular weight excluding hydrogens is 364 g/mol. The standard InChI is InChI=1S/C23H26N4O2/c1-2-29-21-11-9-15(12-17(21)14-28)16-8-10-20-19(13-16)22(27-23(24)26-20)25-18-6-4-3-5-7-18/h8-14,18H,2-7H2,1H3,(H3,24,25,26,27). The van der Waals surface area contributed by atoms with Gasteiger partial charge in [0.25, 0.3) is 0 Å². The number of nitrogens with zero attached hydrogens (tertiary/aromatic N) is 2. The molecule has 0 spiro atoms. The molecule has 0 bridgehead atoms. The van der Waals surface area contributed by atoms with Crippen molar-refractivity contribution in [3.63, 3.8) is 0 Å². The minimum Gasteiger partial charge on any atom is -0.493 e. The number of ether oxygens (including phenoxy) is 1. The Morgan fingerprint density at radius 2 is 1.86 bits per heavy atom. The van der Waals surface area contributed by atoms with E-state index in [0.717, 1.165) is 47.0 Å². The number of rotatable bonds is 6. The summed E-state index contributed by atoms with van der Waals surface area (Å²) < 4.78 is 5.53. The highest BCUT2D eigenvalue weighted by atomic mass is 16.5. The number of hydrogen-bond acceptors (Lipinski definition) is 6. The summed E-state index contributed by atoms with van der Waals surface area (Å²) in [4.78, 5) is 20.4. The van der Waals surface area contributed by atoms with Crippen LogP contribution in [0.5, 0.6) is 5.75 Å². The minimum absolute atomic E-state index is 0.271. The van der Waals surface area contributed by atoms with Crippen LogP contribution in [0.15, 0.2) is 36.4 Å². The van der Waals surface area contributed by atoms with Crippen molar-refractivity contribution in [2.24, 2.45) is 0 Å². The monoisotopic (exact) mass is 390 g/mol. The van der Waals surface area contributed by atoms with Gasteiger partial charge in [-0.3, -0.25) is 4.79 Å². The topological polar surface area (TPSA) is 90.1 Å². The number of fused-ring (bicyclic) bond motifs is 1. The molecule has 4 rings (SSSR count). The maximum atomic E-state index is 11.5. The highest BCUT2D eigenvalue weighted by molar-refractivity contribution is 5.94. The normalized spacial score (nSPS) is 14.7. The Morgan fingerprint density at radius 1 is 1.10 bits per heavy atom. The van der Waals surface area contributed by atoms with E-state index >= 15 is 0 Å². The second kappa shape index (κ2) is 8.47. The Labute approximate surface area is 170 Å². The van der Waals surface area contributed by atoms with Gasteiger partial charge in [0, 0.05) is 11.4 Å². The molecule has 6 heteroatoms. The van der Waals surface area contributed by atoms with Crippen LogP contribution in [-0.4, -0.2) is 28.9 Å². The fourth-order valence-corrected chi connectivity index (χ4v) is 3.98. The summed E-state index contributed by atoms with van der Waals surface area (Å²) in [5, 5.41) is 4.52. The van der Waals surface area contributed by atoms with Crippen LogP contribution in [0, 0.1) is 0 Å². The third-order valence-corrected chi connectivity index (χ3v) is 5.43. The van der Waals surface area contributed by atoms with Gasteiger partial charge in [0.1, 0.15) is 11.6 Å². The van der Waals surface area contributed by atoms with Crippen LogP contribution >= 0.6 is 0 Å². The lowest BCUT2D eigenvalue weighted by Crippen LogP contribution is -2.23. The van der Waals surface area contributed by atoms with E-state index in [9.17, 15) is 4.79 Å². The average molecular weight is 390 g/mol. The van der Waals surface area contributed by atoms with Gasteiger partial charge < -0.3 is 15.8 Å². The number of hydrogen-bond donors (Lipinski definition) is 2. The SMILES string of the molecule is CCOc1ccc(-c2ccc3nc(N)nc(NC4CCCCC4)c3c2)cc1C=O. The van der Waals surface area contributed by atoms with E-state index in [1.54, 1.807) is 0 Å². The fourth-order valence-electron chi connectivity index (χ4n) is 3.98. The number of anilines is 2. The zero-order valence-corrected chi connectivity index (χ0v) is 16.6. The number of carbonyl (C=O) groups is 1. The van der Waals surface area contributed by atoms with Gasteiger partial charge in [-0.15, -0.1) is 0 Å². The van der Waals surface area contributed by atoms with Crippen molar-refractivity contribution in [1.29, 1.82) is 0 Å². The van der Waals surface area contributed by atoms with Crippen LogP contribution in [0.3, 0.4) is 0 Å². The van der Waals surface area contributed by atoms with Gasteiger partial charge in [-0.2, -0.15) is 4.98 Å². The summed E-state index contributed by atoms with van der Waals surface area (Å²) >= 11 is 0. The smallest absolute Gasteiger partial charge is 0.222 e. The van der Waals surface area contributed by atoms with E-state index in [0.29, 0.717) is 24.0 Å². The van der Waals surface area contributed by atoms with Crippen molar-refractivity contribution in [2.45, 2.75) is 45.1 Å². The Bertz CT molecular complexity index is 1030. The van der Waals surface area contributed by atoms with Crippen molar-refractivity contribution in [3.05, 3.63) is 42.0 Å². The van der Waals surface area contributed by atoms with E-state index in [1.807, 2.05) is 37.3 Å². The molecular formula is C23H26N4O2. The van der Waals surface area contributed by atoms with Gasteiger partial charge in [-0.1, -0.05) is 31.4 Å². The van der Waals surface area contributed by atoms with Gasteiger partial charge >= 0.3 is 0 Å².